The van der Waals surface area contributed by atoms with Crippen LogP contribution in [-0.4, -0.2) is 13.2 Å². The minimum atomic E-state index is 0.415. The topological polar surface area (TPSA) is 9.23 Å². The molecule has 80 valence electrons. The highest BCUT2D eigenvalue weighted by molar-refractivity contribution is 6.31. The molecule has 2 rings (SSSR count). The number of hydrogen-bond donors (Lipinski definition) is 0. The van der Waals surface area contributed by atoms with Crippen molar-refractivity contribution in [3.63, 3.8) is 0 Å². The van der Waals surface area contributed by atoms with E-state index in [2.05, 4.69) is 12.6 Å². The minimum Gasteiger partial charge on any atom is -0.376 e. The molecule has 0 aromatic heterocycles. The second kappa shape index (κ2) is 4.82. The first kappa shape index (κ1) is 10.7. The van der Waals surface area contributed by atoms with Gasteiger partial charge in [-0.05, 0) is 24.5 Å². The van der Waals surface area contributed by atoms with Gasteiger partial charge in [0.1, 0.15) is 0 Å². The summed E-state index contributed by atoms with van der Waals surface area (Å²) in [6.45, 7) is 5.41. The van der Waals surface area contributed by atoms with E-state index in [0.29, 0.717) is 12.5 Å². The fourth-order valence-corrected chi connectivity index (χ4v) is 2.22. The van der Waals surface area contributed by atoms with Crippen molar-refractivity contribution in [2.45, 2.75) is 18.8 Å². The zero-order valence-corrected chi connectivity index (χ0v) is 9.46. The van der Waals surface area contributed by atoms with E-state index in [9.17, 15) is 0 Å². The van der Waals surface area contributed by atoms with Crippen LogP contribution in [0.15, 0.2) is 36.4 Å². The lowest BCUT2D eigenvalue weighted by Gasteiger charge is -2.15. The van der Waals surface area contributed by atoms with E-state index in [1.807, 2.05) is 18.2 Å². The molecule has 1 aliphatic rings. The Morgan fingerprint density at radius 2 is 2.13 bits per heavy atom. The van der Waals surface area contributed by atoms with Crippen molar-refractivity contribution in [2.24, 2.45) is 0 Å². The standard InChI is InChI=1S/C13H15ClO/c1-10-6-7-11(9-15-8-10)12-4-2-3-5-13(12)14/h2-5,11H,1,6-9H2. The average molecular weight is 223 g/mol. The highest BCUT2D eigenvalue weighted by atomic mass is 35.5. The van der Waals surface area contributed by atoms with E-state index in [0.717, 1.165) is 24.5 Å². The van der Waals surface area contributed by atoms with E-state index >= 15 is 0 Å². The van der Waals surface area contributed by atoms with Gasteiger partial charge in [-0.3, -0.25) is 0 Å². The molecule has 1 aromatic rings. The Hall–Kier alpha value is -0.790. The van der Waals surface area contributed by atoms with Crippen molar-refractivity contribution in [3.05, 3.63) is 47.0 Å². The van der Waals surface area contributed by atoms with Gasteiger partial charge >= 0.3 is 0 Å². The third-order valence-corrected chi connectivity index (χ3v) is 3.16. The first-order chi connectivity index (χ1) is 7.27. The molecule has 1 unspecified atom stereocenters. The first-order valence-corrected chi connectivity index (χ1v) is 5.64. The minimum absolute atomic E-state index is 0.415. The molecule has 0 radical (unpaired) electrons. The van der Waals surface area contributed by atoms with Crippen LogP contribution in [0.5, 0.6) is 0 Å². The highest BCUT2D eigenvalue weighted by Crippen LogP contribution is 2.31. The molecular weight excluding hydrogens is 208 g/mol. The molecular formula is C13H15ClO. The molecule has 2 heteroatoms. The van der Waals surface area contributed by atoms with Crippen LogP contribution < -0.4 is 0 Å². The summed E-state index contributed by atoms with van der Waals surface area (Å²) in [5, 5.41) is 0.846. The van der Waals surface area contributed by atoms with Gasteiger partial charge in [0, 0.05) is 10.9 Å². The lowest BCUT2D eigenvalue weighted by molar-refractivity contribution is 0.150. The normalized spacial score (nSPS) is 22.5. The largest absolute Gasteiger partial charge is 0.376 e. The third-order valence-electron chi connectivity index (χ3n) is 2.82. The average Bonchev–Trinajstić information content (AvgIpc) is 2.44. The van der Waals surface area contributed by atoms with Crippen LogP contribution in [0.1, 0.15) is 24.3 Å². The maximum Gasteiger partial charge on any atom is 0.0674 e. The Labute approximate surface area is 95.7 Å². The SMILES string of the molecule is C=C1CCC(c2ccccc2Cl)COC1. The van der Waals surface area contributed by atoms with Crippen molar-refractivity contribution in [1.82, 2.24) is 0 Å². The highest BCUT2D eigenvalue weighted by Gasteiger charge is 2.17. The van der Waals surface area contributed by atoms with Gasteiger partial charge in [0.05, 0.1) is 13.2 Å². The van der Waals surface area contributed by atoms with E-state index in [4.69, 9.17) is 16.3 Å². The summed E-state index contributed by atoms with van der Waals surface area (Å²) >= 11 is 6.17. The summed E-state index contributed by atoms with van der Waals surface area (Å²) in [7, 11) is 0. The Morgan fingerprint density at radius 1 is 1.33 bits per heavy atom. The molecule has 15 heavy (non-hydrogen) atoms. The van der Waals surface area contributed by atoms with Crippen molar-refractivity contribution >= 4 is 11.6 Å². The number of benzene rings is 1. The van der Waals surface area contributed by atoms with Gasteiger partial charge in [-0.1, -0.05) is 42.0 Å². The van der Waals surface area contributed by atoms with Crippen LogP contribution in [-0.2, 0) is 4.74 Å². The molecule has 0 amide bonds. The maximum atomic E-state index is 6.17. The van der Waals surface area contributed by atoms with Crippen LogP contribution in [0, 0.1) is 0 Å². The van der Waals surface area contributed by atoms with Crippen LogP contribution in [0.25, 0.3) is 0 Å². The predicted molar refractivity (Wildman–Crippen MR) is 63.4 cm³/mol. The maximum absolute atomic E-state index is 6.17. The van der Waals surface area contributed by atoms with Gasteiger partial charge < -0.3 is 4.74 Å². The van der Waals surface area contributed by atoms with Crippen molar-refractivity contribution < 1.29 is 4.74 Å². The van der Waals surface area contributed by atoms with E-state index in [1.54, 1.807) is 0 Å². The summed E-state index contributed by atoms with van der Waals surface area (Å²) in [6, 6.07) is 8.02. The fraction of sp³-hybridized carbons (Fsp3) is 0.385. The van der Waals surface area contributed by atoms with Crippen LogP contribution in [0.2, 0.25) is 5.02 Å². The number of ether oxygens (including phenoxy) is 1. The summed E-state index contributed by atoms with van der Waals surface area (Å²) in [6.07, 6.45) is 2.12. The molecule has 1 fully saturated rings. The molecule has 0 spiro atoms. The van der Waals surface area contributed by atoms with Gasteiger partial charge in [0.2, 0.25) is 0 Å². The lowest BCUT2D eigenvalue weighted by Crippen LogP contribution is -2.05. The van der Waals surface area contributed by atoms with Crippen LogP contribution >= 0.6 is 11.6 Å². The monoisotopic (exact) mass is 222 g/mol. The molecule has 1 aliphatic heterocycles. The van der Waals surface area contributed by atoms with Gasteiger partial charge in [0.15, 0.2) is 0 Å². The molecule has 1 nitrogen and oxygen atoms in total. The van der Waals surface area contributed by atoms with Gasteiger partial charge in [-0.25, -0.2) is 0 Å². The van der Waals surface area contributed by atoms with Gasteiger partial charge in [0.25, 0.3) is 0 Å². The Morgan fingerprint density at radius 3 is 2.93 bits per heavy atom. The molecule has 1 heterocycles. The molecule has 1 aromatic carbocycles. The Bertz CT molecular complexity index is 359. The number of halogens is 1. The Kier molecular flexibility index (Phi) is 3.45. The molecule has 0 N–H and O–H groups in total. The molecule has 0 bridgehead atoms. The fourth-order valence-electron chi connectivity index (χ4n) is 1.93. The van der Waals surface area contributed by atoms with Crippen LogP contribution in [0.3, 0.4) is 0 Å². The van der Waals surface area contributed by atoms with Crippen LogP contribution in [0.4, 0.5) is 0 Å². The third kappa shape index (κ3) is 2.61. The predicted octanol–water partition coefficient (Wildman–Crippen LogP) is 3.79. The summed E-state index contributed by atoms with van der Waals surface area (Å²) in [5.41, 5.74) is 2.39. The Balaban J connectivity index is 2.16. The van der Waals surface area contributed by atoms with Crippen molar-refractivity contribution in [1.29, 1.82) is 0 Å². The van der Waals surface area contributed by atoms with E-state index < -0.39 is 0 Å². The molecule has 1 atom stereocenters. The second-order valence-electron chi connectivity index (χ2n) is 4.02. The summed E-state index contributed by atoms with van der Waals surface area (Å²) in [4.78, 5) is 0. The summed E-state index contributed by atoms with van der Waals surface area (Å²) in [5.74, 6) is 0.415. The van der Waals surface area contributed by atoms with E-state index in [-0.39, 0.29) is 0 Å². The van der Waals surface area contributed by atoms with Crippen molar-refractivity contribution in [3.8, 4) is 0 Å². The van der Waals surface area contributed by atoms with E-state index in [1.165, 1.54) is 11.1 Å². The quantitative estimate of drug-likeness (QED) is 0.657. The van der Waals surface area contributed by atoms with Gasteiger partial charge in [-0.2, -0.15) is 0 Å². The zero-order valence-electron chi connectivity index (χ0n) is 8.71. The smallest absolute Gasteiger partial charge is 0.0674 e. The summed E-state index contributed by atoms with van der Waals surface area (Å²) < 4.78 is 5.57. The lowest BCUT2D eigenvalue weighted by atomic mass is 9.94. The first-order valence-electron chi connectivity index (χ1n) is 5.26. The number of rotatable bonds is 1. The molecule has 1 saturated heterocycles. The number of hydrogen-bond acceptors (Lipinski definition) is 1. The second-order valence-corrected chi connectivity index (χ2v) is 4.43. The van der Waals surface area contributed by atoms with Gasteiger partial charge in [-0.15, -0.1) is 0 Å². The van der Waals surface area contributed by atoms with Crippen molar-refractivity contribution in [2.75, 3.05) is 13.2 Å². The molecule has 0 aliphatic carbocycles. The zero-order chi connectivity index (χ0) is 10.7. The molecule has 0 saturated carbocycles.